The summed E-state index contributed by atoms with van der Waals surface area (Å²) in [5.74, 6) is 1.09. The number of nitrogens with zero attached hydrogens (tertiary/aromatic N) is 4. The van der Waals surface area contributed by atoms with Gasteiger partial charge in [-0.25, -0.2) is 18.3 Å². The van der Waals surface area contributed by atoms with E-state index in [4.69, 9.17) is 4.74 Å². The molecule has 0 saturated heterocycles. The lowest BCUT2D eigenvalue weighted by Gasteiger charge is -2.30. The zero-order valence-electron chi connectivity index (χ0n) is 17.0. The maximum Gasteiger partial charge on any atom is 0.498 e. The predicted molar refractivity (Wildman–Crippen MR) is 110 cm³/mol. The van der Waals surface area contributed by atoms with Crippen molar-refractivity contribution < 1.29 is 22.5 Å². The molecule has 0 N–H and O–H groups in total. The van der Waals surface area contributed by atoms with Gasteiger partial charge < -0.3 is 9.64 Å². The van der Waals surface area contributed by atoms with Gasteiger partial charge in [0.15, 0.2) is 33.6 Å². The van der Waals surface area contributed by atoms with E-state index in [1.54, 1.807) is 28.8 Å². The van der Waals surface area contributed by atoms with Crippen LogP contribution in [0.15, 0.2) is 35.5 Å². The molecule has 1 amide bonds. The number of ether oxygens (including phenoxy) is 1. The number of amides is 1. The molecule has 30 heavy (non-hydrogen) atoms. The molecule has 1 saturated carbocycles. The van der Waals surface area contributed by atoms with E-state index in [0.29, 0.717) is 44.1 Å². The molecule has 158 valence electrons. The van der Waals surface area contributed by atoms with Gasteiger partial charge >= 0.3 is 6.03 Å². The third-order valence-electron chi connectivity index (χ3n) is 6.22. The Morgan fingerprint density at radius 1 is 1.20 bits per heavy atom. The average molecular weight is 430 g/mol. The first-order valence-electron chi connectivity index (χ1n) is 10.4. The number of fused-ring (bicyclic) bond motifs is 2. The highest BCUT2D eigenvalue weighted by molar-refractivity contribution is 7.92. The number of hydrogen-bond donors (Lipinski definition) is 0. The molecule has 5 rings (SSSR count). The minimum atomic E-state index is -3.41. The van der Waals surface area contributed by atoms with Crippen molar-refractivity contribution >= 4 is 27.4 Å². The standard InChI is InChI=1S/C21H25N4O4S/c1-23-14-16-11-15(7-8-25(16)21(23)26)24-9-10-29-19-12-18(13-22-20(19)24)30(27,28)17-5-3-2-4-6-17/h7-8,11-13,17H,2-6,9-10,14H2,1H3/q+1. The lowest BCUT2D eigenvalue weighted by atomic mass is 10.0. The topological polar surface area (TPSA) is 83.7 Å². The van der Waals surface area contributed by atoms with E-state index in [-0.39, 0.29) is 16.2 Å². The third-order valence-corrected chi connectivity index (χ3v) is 8.45. The molecule has 2 aromatic heterocycles. The molecule has 1 fully saturated rings. The minimum Gasteiger partial charge on any atom is -0.488 e. The van der Waals surface area contributed by atoms with Gasteiger partial charge in [-0.2, -0.15) is 9.36 Å². The Balaban J connectivity index is 1.47. The predicted octanol–water partition coefficient (Wildman–Crippen LogP) is 2.42. The molecule has 9 heteroatoms. The van der Waals surface area contributed by atoms with E-state index in [9.17, 15) is 13.2 Å². The second-order valence-corrected chi connectivity index (χ2v) is 10.4. The van der Waals surface area contributed by atoms with Crippen LogP contribution >= 0.6 is 0 Å². The van der Waals surface area contributed by atoms with E-state index in [2.05, 4.69) is 4.98 Å². The fourth-order valence-electron chi connectivity index (χ4n) is 4.56. The van der Waals surface area contributed by atoms with Crippen LogP contribution in [0.2, 0.25) is 0 Å². The molecule has 0 aromatic carbocycles. The average Bonchev–Trinajstić information content (AvgIpc) is 3.06. The molecule has 2 aromatic rings. The first-order chi connectivity index (χ1) is 14.4. The van der Waals surface area contributed by atoms with E-state index >= 15 is 0 Å². The number of rotatable bonds is 3. The largest absolute Gasteiger partial charge is 0.498 e. The Morgan fingerprint density at radius 2 is 2.00 bits per heavy atom. The van der Waals surface area contributed by atoms with Crippen LogP contribution in [0.1, 0.15) is 37.8 Å². The van der Waals surface area contributed by atoms with E-state index in [1.807, 2.05) is 17.0 Å². The summed E-state index contributed by atoms with van der Waals surface area (Å²) in [6.45, 7) is 1.59. The maximum atomic E-state index is 13.1. The van der Waals surface area contributed by atoms with Crippen LogP contribution in [0.5, 0.6) is 5.75 Å². The number of carbonyl (C=O) groups is 1. The molecule has 8 nitrogen and oxygen atoms in total. The number of hydrogen-bond acceptors (Lipinski definition) is 6. The van der Waals surface area contributed by atoms with Crippen molar-refractivity contribution in [1.82, 2.24) is 9.88 Å². The van der Waals surface area contributed by atoms with Crippen LogP contribution in [0.3, 0.4) is 0 Å². The van der Waals surface area contributed by atoms with Crippen LogP contribution < -0.4 is 14.2 Å². The normalized spacial score (nSPS) is 19.4. The van der Waals surface area contributed by atoms with Gasteiger partial charge in [-0.3, -0.25) is 0 Å². The molecule has 3 aliphatic rings. The summed E-state index contributed by atoms with van der Waals surface area (Å²) >= 11 is 0. The second kappa shape index (κ2) is 7.23. The van der Waals surface area contributed by atoms with Crippen molar-refractivity contribution in [1.29, 1.82) is 0 Å². The smallest absolute Gasteiger partial charge is 0.488 e. The number of pyridine rings is 2. The first-order valence-corrected chi connectivity index (χ1v) is 11.9. The molecule has 4 heterocycles. The van der Waals surface area contributed by atoms with Gasteiger partial charge in [0.25, 0.3) is 0 Å². The van der Waals surface area contributed by atoms with E-state index < -0.39 is 9.84 Å². The molecule has 2 aliphatic heterocycles. The fraction of sp³-hybridized carbons (Fsp3) is 0.476. The Labute approximate surface area is 176 Å². The van der Waals surface area contributed by atoms with E-state index in [1.165, 1.54) is 6.20 Å². The van der Waals surface area contributed by atoms with Gasteiger partial charge in [0.2, 0.25) is 0 Å². The molecular formula is C21H25N4O4S+. The highest BCUT2D eigenvalue weighted by Crippen LogP contribution is 2.38. The zero-order chi connectivity index (χ0) is 20.9. The summed E-state index contributed by atoms with van der Waals surface area (Å²) in [5.41, 5.74) is 1.81. The van der Waals surface area contributed by atoms with E-state index in [0.717, 1.165) is 30.6 Å². The molecular weight excluding hydrogens is 404 g/mol. The van der Waals surface area contributed by atoms with Gasteiger partial charge in [-0.15, -0.1) is 0 Å². The van der Waals surface area contributed by atoms with Gasteiger partial charge in [0.05, 0.1) is 29.4 Å². The molecule has 0 bridgehead atoms. The lowest BCUT2D eigenvalue weighted by molar-refractivity contribution is -0.572. The monoisotopic (exact) mass is 429 g/mol. The van der Waals surface area contributed by atoms with Crippen LogP contribution in [0.25, 0.3) is 0 Å². The van der Waals surface area contributed by atoms with Crippen LogP contribution in [-0.2, 0) is 16.4 Å². The number of carbonyl (C=O) groups excluding carboxylic acids is 1. The van der Waals surface area contributed by atoms with Gasteiger partial charge in [-0.05, 0) is 12.8 Å². The highest BCUT2D eigenvalue weighted by atomic mass is 32.2. The zero-order valence-corrected chi connectivity index (χ0v) is 17.8. The van der Waals surface area contributed by atoms with Crippen molar-refractivity contribution in [3.63, 3.8) is 0 Å². The summed E-state index contributed by atoms with van der Waals surface area (Å²) in [6, 6.07) is 5.43. The molecule has 0 spiro atoms. The fourth-order valence-corrected chi connectivity index (χ4v) is 6.37. The summed E-state index contributed by atoms with van der Waals surface area (Å²) in [5, 5.41) is -0.325. The summed E-state index contributed by atoms with van der Waals surface area (Å²) in [4.78, 5) is 20.5. The van der Waals surface area contributed by atoms with Crippen LogP contribution in [0.4, 0.5) is 16.3 Å². The Hall–Kier alpha value is -2.68. The van der Waals surface area contributed by atoms with Gasteiger partial charge in [-0.1, -0.05) is 19.3 Å². The summed E-state index contributed by atoms with van der Waals surface area (Å²) < 4.78 is 33.6. The van der Waals surface area contributed by atoms with Crippen molar-refractivity contribution in [3.8, 4) is 5.75 Å². The van der Waals surface area contributed by atoms with Gasteiger partial charge in [0.1, 0.15) is 12.8 Å². The van der Waals surface area contributed by atoms with Crippen molar-refractivity contribution in [2.45, 2.75) is 48.8 Å². The maximum absolute atomic E-state index is 13.1. The Bertz CT molecular complexity index is 1110. The molecule has 0 atom stereocenters. The number of sulfone groups is 1. The van der Waals surface area contributed by atoms with Crippen molar-refractivity contribution in [2.24, 2.45) is 0 Å². The second-order valence-electron chi connectivity index (χ2n) is 8.18. The SMILES string of the molecule is CN1Cc2cc(N3CCOc4cc(S(=O)(=O)C5CCCCC5)cnc43)cc[n+]2C1=O. The molecule has 0 unspecified atom stereocenters. The highest BCUT2D eigenvalue weighted by Gasteiger charge is 2.35. The Kier molecular flexibility index (Phi) is 4.65. The molecule has 1 aliphatic carbocycles. The minimum absolute atomic E-state index is 0.0467. The summed E-state index contributed by atoms with van der Waals surface area (Å²) in [7, 11) is -1.63. The van der Waals surface area contributed by atoms with Crippen LogP contribution in [0, 0.1) is 0 Å². The van der Waals surface area contributed by atoms with Gasteiger partial charge in [0, 0.05) is 24.4 Å². The van der Waals surface area contributed by atoms with Crippen LogP contribution in [-0.4, -0.2) is 49.8 Å². The Morgan fingerprint density at radius 3 is 2.80 bits per heavy atom. The number of aromatic nitrogens is 2. The third kappa shape index (κ3) is 3.12. The van der Waals surface area contributed by atoms with Crippen molar-refractivity contribution in [3.05, 3.63) is 36.3 Å². The number of anilines is 2. The first kappa shape index (κ1) is 19.3. The quantitative estimate of drug-likeness (QED) is 0.697. The summed E-state index contributed by atoms with van der Waals surface area (Å²) in [6.07, 6.45) is 7.68. The van der Waals surface area contributed by atoms with Crippen molar-refractivity contribution in [2.75, 3.05) is 25.1 Å². The lowest BCUT2D eigenvalue weighted by Crippen LogP contribution is -2.44. The molecule has 0 radical (unpaired) electrons.